The highest BCUT2D eigenvalue weighted by atomic mass is 35.5. The van der Waals surface area contributed by atoms with E-state index in [0.717, 1.165) is 17.5 Å². The van der Waals surface area contributed by atoms with E-state index in [1.165, 1.54) is 0 Å². The van der Waals surface area contributed by atoms with Gasteiger partial charge in [-0.25, -0.2) is 0 Å². The van der Waals surface area contributed by atoms with Gasteiger partial charge in [0.15, 0.2) is 0 Å². The number of fused-ring (bicyclic) bond motifs is 1. The number of benzene rings is 2. The lowest BCUT2D eigenvalue weighted by Crippen LogP contribution is -2.56. The fourth-order valence-electron chi connectivity index (χ4n) is 7.03. The Balaban J connectivity index is 1.61. The number of aliphatic hydroxyl groups excluding tert-OH is 1. The van der Waals surface area contributed by atoms with Gasteiger partial charge in [0.1, 0.15) is 6.04 Å². The van der Waals surface area contributed by atoms with Crippen molar-refractivity contribution in [3.05, 3.63) is 90.0 Å². The summed E-state index contributed by atoms with van der Waals surface area (Å²) in [4.78, 5) is 46.1. The number of carbonyl (C=O) groups is 3. The SMILES string of the molecule is C=CCCCOC(=O)[C@@H]1[C@@H]2CCC3(S2)C(C(=O)N(CC=C)c2c(C)cccc2Cl)N([C@H](CO)c2ccccc2)C(=O)[C@H]13. The highest BCUT2D eigenvalue weighted by molar-refractivity contribution is 8.02. The van der Waals surface area contributed by atoms with Gasteiger partial charge in [-0.05, 0) is 49.8 Å². The molecule has 3 heterocycles. The Labute approximate surface area is 256 Å². The number of aliphatic hydroxyl groups is 1. The summed E-state index contributed by atoms with van der Waals surface area (Å²) >= 11 is 8.23. The van der Waals surface area contributed by atoms with Crippen LogP contribution in [0.25, 0.3) is 0 Å². The van der Waals surface area contributed by atoms with E-state index < -0.39 is 34.6 Å². The van der Waals surface area contributed by atoms with Crippen molar-refractivity contribution >= 4 is 46.8 Å². The average molecular weight is 609 g/mol. The summed E-state index contributed by atoms with van der Waals surface area (Å²) in [6.45, 7) is 9.55. The van der Waals surface area contributed by atoms with Gasteiger partial charge in [0.05, 0.1) is 46.5 Å². The first kappa shape index (κ1) is 30.4. The van der Waals surface area contributed by atoms with Crippen molar-refractivity contribution in [1.82, 2.24) is 4.90 Å². The molecule has 5 rings (SSSR count). The summed E-state index contributed by atoms with van der Waals surface area (Å²) < 4.78 is 4.83. The van der Waals surface area contributed by atoms with Crippen LogP contribution in [0.4, 0.5) is 5.69 Å². The van der Waals surface area contributed by atoms with Crippen molar-refractivity contribution in [2.24, 2.45) is 11.8 Å². The number of ether oxygens (including phenoxy) is 1. The van der Waals surface area contributed by atoms with Crippen LogP contribution in [0.15, 0.2) is 73.8 Å². The number of hydrogen-bond acceptors (Lipinski definition) is 6. The van der Waals surface area contributed by atoms with E-state index >= 15 is 0 Å². The minimum Gasteiger partial charge on any atom is -0.465 e. The van der Waals surface area contributed by atoms with E-state index in [4.69, 9.17) is 16.3 Å². The standard InChI is InChI=1S/C33H37ClN2O5S/c1-4-6-10-19-41-32(40)26-25-16-17-33(42-25)27(26)30(38)36(24(20-37)22-13-8-7-9-14-22)29(33)31(39)35(18-5-2)28-21(3)12-11-15-23(28)34/h4-5,7-9,11-15,24-27,29,37H,1-2,6,10,16-20H2,3H3/t24-,25+,26-,27+,29?,33?/m1/s1. The molecule has 2 amide bonds. The molecule has 0 radical (unpaired) electrons. The number of carbonyl (C=O) groups excluding carboxylic acids is 3. The predicted octanol–water partition coefficient (Wildman–Crippen LogP) is 5.50. The summed E-state index contributed by atoms with van der Waals surface area (Å²) in [6.07, 6.45) is 6.09. The van der Waals surface area contributed by atoms with Gasteiger partial charge < -0.3 is 19.6 Å². The first-order chi connectivity index (χ1) is 20.3. The van der Waals surface area contributed by atoms with Crippen molar-refractivity contribution in [3.63, 3.8) is 0 Å². The summed E-state index contributed by atoms with van der Waals surface area (Å²) in [5.41, 5.74) is 2.09. The molecule has 2 aromatic carbocycles. The molecule has 0 saturated carbocycles. The summed E-state index contributed by atoms with van der Waals surface area (Å²) in [5.74, 6) is -2.39. The number of thioether (sulfide) groups is 1. The number of halogens is 1. The van der Waals surface area contributed by atoms with Crippen molar-refractivity contribution in [2.75, 3.05) is 24.7 Å². The Morgan fingerprint density at radius 2 is 1.98 bits per heavy atom. The van der Waals surface area contributed by atoms with Crippen LogP contribution in [0.3, 0.4) is 0 Å². The van der Waals surface area contributed by atoms with Gasteiger partial charge in [-0.1, -0.05) is 66.2 Å². The van der Waals surface area contributed by atoms with Crippen molar-refractivity contribution in [3.8, 4) is 0 Å². The largest absolute Gasteiger partial charge is 0.465 e. The number of hydrogen-bond donors (Lipinski definition) is 1. The Hall–Kier alpha value is -3.07. The maximum atomic E-state index is 14.9. The molecule has 1 spiro atoms. The molecule has 3 aliphatic rings. The zero-order chi connectivity index (χ0) is 30.0. The van der Waals surface area contributed by atoms with Crippen LogP contribution in [-0.4, -0.2) is 63.6 Å². The van der Waals surface area contributed by atoms with Gasteiger partial charge in [0, 0.05) is 11.8 Å². The quantitative estimate of drug-likeness (QED) is 0.194. The summed E-state index contributed by atoms with van der Waals surface area (Å²) in [6, 6.07) is 13.0. The number of likely N-dealkylation sites (tertiary alicyclic amines) is 1. The third kappa shape index (κ3) is 5.07. The number of anilines is 1. The molecule has 222 valence electrons. The van der Waals surface area contributed by atoms with Crippen LogP contribution in [0.2, 0.25) is 5.02 Å². The van der Waals surface area contributed by atoms with Gasteiger partial charge >= 0.3 is 5.97 Å². The van der Waals surface area contributed by atoms with Crippen molar-refractivity contribution in [2.45, 2.75) is 54.7 Å². The van der Waals surface area contributed by atoms with E-state index in [9.17, 15) is 19.5 Å². The number of rotatable bonds is 12. The molecule has 7 nitrogen and oxygen atoms in total. The fourth-order valence-corrected chi connectivity index (χ4v) is 9.54. The molecule has 0 aliphatic carbocycles. The van der Waals surface area contributed by atoms with Crippen LogP contribution in [0, 0.1) is 18.8 Å². The molecule has 0 aromatic heterocycles. The number of esters is 1. The molecule has 42 heavy (non-hydrogen) atoms. The molecule has 1 N–H and O–H groups in total. The van der Waals surface area contributed by atoms with Crippen molar-refractivity contribution < 1.29 is 24.2 Å². The number of aryl methyl sites for hydroxylation is 1. The zero-order valence-corrected chi connectivity index (χ0v) is 25.4. The molecular weight excluding hydrogens is 572 g/mol. The van der Waals surface area contributed by atoms with Crippen LogP contribution >= 0.6 is 23.4 Å². The van der Waals surface area contributed by atoms with E-state index in [-0.39, 0.29) is 36.8 Å². The first-order valence-corrected chi connectivity index (χ1v) is 15.7. The molecule has 6 atom stereocenters. The smallest absolute Gasteiger partial charge is 0.310 e. The number of nitrogens with zero attached hydrogens (tertiary/aromatic N) is 2. The van der Waals surface area contributed by atoms with Gasteiger partial charge in [-0.3, -0.25) is 14.4 Å². The highest BCUT2D eigenvalue weighted by Gasteiger charge is 2.75. The van der Waals surface area contributed by atoms with E-state index in [1.54, 1.807) is 39.8 Å². The molecule has 2 aromatic rings. The minimum atomic E-state index is -0.934. The molecule has 3 fully saturated rings. The number of allylic oxidation sites excluding steroid dienone is 1. The predicted molar refractivity (Wildman–Crippen MR) is 166 cm³/mol. The van der Waals surface area contributed by atoms with Crippen LogP contribution in [0.5, 0.6) is 0 Å². The van der Waals surface area contributed by atoms with Crippen molar-refractivity contribution in [1.29, 1.82) is 0 Å². The Kier molecular flexibility index (Phi) is 9.16. The molecule has 3 aliphatic heterocycles. The zero-order valence-electron chi connectivity index (χ0n) is 23.8. The van der Waals surface area contributed by atoms with Crippen LogP contribution in [0.1, 0.15) is 42.9 Å². The Morgan fingerprint density at radius 1 is 1.21 bits per heavy atom. The molecule has 2 unspecified atom stereocenters. The maximum absolute atomic E-state index is 14.9. The third-order valence-corrected chi connectivity index (χ3v) is 11.0. The van der Waals surface area contributed by atoms with Gasteiger partial charge in [0.25, 0.3) is 5.91 Å². The fraction of sp³-hybridized carbons (Fsp3) is 0.424. The Morgan fingerprint density at radius 3 is 2.64 bits per heavy atom. The first-order valence-electron chi connectivity index (χ1n) is 14.4. The summed E-state index contributed by atoms with van der Waals surface area (Å²) in [7, 11) is 0. The topological polar surface area (TPSA) is 87.2 Å². The third-order valence-electron chi connectivity index (χ3n) is 8.77. The summed E-state index contributed by atoms with van der Waals surface area (Å²) in [5, 5.41) is 11.0. The maximum Gasteiger partial charge on any atom is 0.310 e. The second-order valence-corrected chi connectivity index (χ2v) is 13.2. The van der Waals surface area contributed by atoms with Crippen LogP contribution in [-0.2, 0) is 19.1 Å². The van der Waals surface area contributed by atoms with E-state index in [2.05, 4.69) is 13.2 Å². The van der Waals surface area contributed by atoms with Gasteiger partial charge in [-0.2, -0.15) is 0 Å². The molecule has 2 bridgehead atoms. The van der Waals surface area contributed by atoms with Crippen LogP contribution < -0.4 is 4.90 Å². The second kappa shape index (κ2) is 12.7. The lowest BCUT2D eigenvalue weighted by molar-refractivity contribution is -0.154. The lowest BCUT2D eigenvalue weighted by atomic mass is 9.71. The van der Waals surface area contributed by atoms with E-state index in [0.29, 0.717) is 30.0 Å². The molecule has 9 heteroatoms. The number of para-hydroxylation sites is 1. The average Bonchev–Trinajstić information content (AvgIpc) is 3.63. The minimum absolute atomic E-state index is 0.123. The monoisotopic (exact) mass is 608 g/mol. The normalized spacial score (nSPS) is 26.5. The number of amides is 2. The van der Waals surface area contributed by atoms with Gasteiger partial charge in [-0.15, -0.1) is 24.9 Å². The molecular formula is C33H37ClN2O5S. The highest BCUT2D eigenvalue weighted by Crippen LogP contribution is 2.67. The molecule has 3 saturated heterocycles. The van der Waals surface area contributed by atoms with E-state index in [1.807, 2.05) is 49.4 Å². The number of unbranched alkanes of at least 4 members (excludes halogenated alkanes) is 1. The second-order valence-electron chi connectivity index (χ2n) is 11.2. The lowest BCUT2D eigenvalue weighted by Gasteiger charge is -2.40. The Bertz CT molecular complexity index is 1350. The van der Waals surface area contributed by atoms with Gasteiger partial charge in [0.2, 0.25) is 5.91 Å².